The quantitative estimate of drug-likeness (QED) is 0.744. The van der Waals surface area contributed by atoms with Gasteiger partial charge in [-0.1, -0.05) is 61.3 Å². The Morgan fingerprint density at radius 1 is 1.00 bits per heavy atom. The fourth-order valence-electron chi connectivity index (χ4n) is 2.49. The Kier molecular flexibility index (Phi) is 7.49. The van der Waals surface area contributed by atoms with Gasteiger partial charge in [0.25, 0.3) is 5.91 Å². The molecule has 2 rings (SSSR count). The SMILES string of the molecule is CC(C)C(NC(=O)c1ccccc1Cl)C(=O)NCCc1ccc(Cl)cc1. The van der Waals surface area contributed by atoms with E-state index in [9.17, 15) is 9.59 Å². The molecule has 0 aliphatic rings. The summed E-state index contributed by atoms with van der Waals surface area (Å²) in [5, 5.41) is 6.69. The van der Waals surface area contributed by atoms with E-state index in [-0.39, 0.29) is 17.7 Å². The molecule has 2 aromatic carbocycles. The molecule has 0 heterocycles. The topological polar surface area (TPSA) is 58.2 Å². The number of hydrogen-bond donors (Lipinski definition) is 2. The molecule has 6 heteroatoms. The van der Waals surface area contributed by atoms with E-state index < -0.39 is 6.04 Å². The minimum Gasteiger partial charge on any atom is -0.354 e. The van der Waals surface area contributed by atoms with Crippen molar-refractivity contribution in [3.63, 3.8) is 0 Å². The molecular weight excluding hydrogens is 371 g/mol. The Morgan fingerprint density at radius 2 is 1.65 bits per heavy atom. The fraction of sp³-hybridized carbons (Fsp3) is 0.300. The van der Waals surface area contributed by atoms with Gasteiger partial charge in [-0.15, -0.1) is 0 Å². The largest absolute Gasteiger partial charge is 0.354 e. The summed E-state index contributed by atoms with van der Waals surface area (Å²) in [5.74, 6) is -0.631. The van der Waals surface area contributed by atoms with Crippen molar-refractivity contribution in [2.24, 2.45) is 5.92 Å². The summed E-state index contributed by atoms with van der Waals surface area (Å²) in [6, 6.07) is 13.6. The Bertz CT molecular complexity index is 761. The van der Waals surface area contributed by atoms with Crippen molar-refractivity contribution >= 4 is 35.0 Å². The molecule has 2 aromatic rings. The molecule has 2 N–H and O–H groups in total. The number of carbonyl (C=O) groups excluding carboxylic acids is 2. The third-order valence-electron chi connectivity index (χ3n) is 3.98. The first kappa shape index (κ1) is 20.3. The van der Waals surface area contributed by atoms with Crippen molar-refractivity contribution in [3.8, 4) is 0 Å². The Balaban J connectivity index is 1.93. The highest BCUT2D eigenvalue weighted by molar-refractivity contribution is 6.33. The molecule has 0 fully saturated rings. The molecule has 0 radical (unpaired) electrons. The lowest BCUT2D eigenvalue weighted by atomic mass is 10.0. The maximum absolute atomic E-state index is 12.5. The second-order valence-corrected chi connectivity index (χ2v) is 7.19. The summed E-state index contributed by atoms with van der Waals surface area (Å²) in [6.07, 6.45) is 0.687. The summed E-state index contributed by atoms with van der Waals surface area (Å²) in [6.45, 7) is 4.25. The van der Waals surface area contributed by atoms with E-state index in [1.54, 1.807) is 24.3 Å². The predicted molar refractivity (Wildman–Crippen MR) is 106 cm³/mol. The van der Waals surface area contributed by atoms with E-state index in [4.69, 9.17) is 23.2 Å². The van der Waals surface area contributed by atoms with Crippen molar-refractivity contribution < 1.29 is 9.59 Å². The van der Waals surface area contributed by atoms with E-state index >= 15 is 0 Å². The third kappa shape index (κ3) is 5.75. The first-order chi connectivity index (χ1) is 12.4. The van der Waals surface area contributed by atoms with Gasteiger partial charge in [-0.2, -0.15) is 0 Å². The van der Waals surface area contributed by atoms with Crippen molar-refractivity contribution in [1.29, 1.82) is 0 Å². The van der Waals surface area contributed by atoms with Crippen LogP contribution in [-0.2, 0) is 11.2 Å². The van der Waals surface area contributed by atoms with Crippen molar-refractivity contribution in [1.82, 2.24) is 10.6 Å². The molecule has 1 unspecified atom stereocenters. The standard InChI is InChI=1S/C20H22Cl2N2O2/c1-13(2)18(24-19(25)16-5-3-4-6-17(16)22)20(26)23-12-11-14-7-9-15(21)10-8-14/h3-10,13,18H,11-12H2,1-2H3,(H,23,26)(H,24,25). The molecule has 26 heavy (non-hydrogen) atoms. The summed E-state index contributed by atoms with van der Waals surface area (Å²) < 4.78 is 0. The second kappa shape index (κ2) is 9.60. The van der Waals surface area contributed by atoms with E-state index in [1.165, 1.54) is 0 Å². The highest BCUT2D eigenvalue weighted by Gasteiger charge is 2.25. The minimum atomic E-state index is -0.635. The summed E-state index contributed by atoms with van der Waals surface area (Å²) in [5.41, 5.74) is 1.43. The van der Waals surface area contributed by atoms with Crippen LogP contribution < -0.4 is 10.6 Å². The van der Waals surface area contributed by atoms with E-state index in [0.717, 1.165) is 5.56 Å². The van der Waals surface area contributed by atoms with E-state index in [0.29, 0.717) is 28.6 Å². The van der Waals surface area contributed by atoms with Gasteiger partial charge < -0.3 is 10.6 Å². The molecule has 0 saturated heterocycles. The molecule has 0 aromatic heterocycles. The summed E-state index contributed by atoms with van der Waals surface area (Å²) >= 11 is 11.9. The van der Waals surface area contributed by atoms with Gasteiger partial charge in [0, 0.05) is 11.6 Å². The maximum atomic E-state index is 12.5. The van der Waals surface area contributed by atoms with Gasteiger partial charge in [0.1, 0.15) is 6.04 Å². The molecule has 0 saturated carbocycles. The van der Waals surface area contributed by atoms with Crippen LogP contribution in [0.15, 0.2) is 48.5 Å². The smallest absolute Gasteiger partial charge is 0.253 e. The number of carbonyl (C=O) groups is 2. The minimum absolute atomic E-state index is 0.0584. The molecule has 2 amide bonds. The molecule has 0 bridgehead atoms. The normalized spacial score (nSPS) is 11.9. The van der Waals surface area contributed by atoms with Crippen molar-refractivity contribution in [3.05, 3.63) is 69.7 Å². The zero-order chi connectivity index (χ0) is 19.1. The van der Waals surface area contributed by atoms with E-state index in [2.05, 4.69) is 10.6 Å². The molecular formula is C20H22Cl2N2O2. The second-order valence-electron chi connectivity index (χ2n) is 6.34. The van der Waals surface area contributed by atoms with E-state index in [1.807, 2.05) is 38.1 Å². The lowest BCUT2D eigenvalue weighted by Crippen LogP contribution is -2.50. The molecule has 0 aliphatic carbocycles. The number of rotatable bonds is 7. The van der Waals surface area contributed by atoms with Crippen LogP contribution in [0.5, 0.6) is 0 Å². The Morgan fingerprint density at radius 3 is 2.27 bits per heavy atom. The van der Waals surface area contributed by atoms with Crippen LogP contribution in [0, 0.1) is 5.92 Å². The van der Waals surface area contributed by atoms with Gasteiger partial charge in [-0.05, 0) is 42.2 Å². The number of amides is 2. The number of halogens is 2. The Labute approximate surface area is 163 Å². The van der Waals surface area contributed by atoms with Crippen LogP contribution in [0.1, 0.15) is 29.8 Å². The average Bonchev–Trinajstić information content (AvgIpc) is 2.61. The predicted octanol–water partition coefficient (Wildman–Crippen LogP) is 4.11. The molecule has 4 nitrogen and oxygen atoms in total. The highest BCUT2D eigenvalue weighted by Crippen LogP contribution is 2.15. The van der Waals surface area contributed by atoms with Crippen LogP contribution in [-0.4, -0.2) is 24.4 Å². The van der Waals surface area contributed by atoms with Crippen LogP contribution in [0.25, 0.3) is 0 Å². The lowest BCUT2D eigenvalue weighted by molar-refractivity contribution is -0.123. The fourth-order valence-corrected chi connectivity index (χ4v) is 2.84. The van der Waals surface area contributed by atoms with Gasteiger partial charge in [0.15, 0.2) is 0 Å². The number of hydrogen-bond acceptors (Lipinski definition) is 2. The highest BCUT2D eigenvalue weighted by atomic mass is 35.5. The zero-order valence-corrected chi connectivity index (χ0v) is 16.3. The van der Waals surface area contributed by atoms with Crippen LogP contribution in [0.3, 0.4) is 0 Å². The van der Waals surface area contributed by atoms with Crippen molar-refractivity contribution in [2.45, 2.75) is 26.3 Å². The molecule has 0 spiro atoms. The van der Waals surface area contributed by atoms with Crippen molar-refractivity contribution in [2.75, 3.05) is 6.54 Å². The van der Waals surface area contributed by atoms with Gasteiger partial charge in [0.05, 0.1) is 10.6 Å². The lowest BCUT2D eigenvalue weighted by Gasteiger charge is -2.22. The first-order valence-electron chi connectivity index (χ1n) is 8.46. The van der Waals surface area contributed by atoms with Crippen LogP contribution in [0.2, 0.25) is 10.0 Å². The van der Waals surface area contributed by atoms with Crippen LogP contribution >= 0.6 is 23.2 Å². The molecule has 138 valence electrons. The number of benzene rings is 2. The van der Waals surface area contributed by atoms with Gasteiger partial charge in [-0.25, -0.2) is 0 Å². The summed E-state index contributed by atoms with van der Waals surface area (Å²) in [4.78, 5) is 24.9. The maximum Gasteiger partial charge on any atom is 0.253 e. The molecule has 1 atom stereocenters. The van der Waals surface area contributed by atoms with Gasteiger partial charge in [0.2, 0.25) is 5.91 Å². The molecule has 0 aliphatic heterocycles. The average molecular weight is 393 g/mol. The zero-order valence-electron chi connectivity index (χ0n) is 14.8. The first-order valence-corrected chi connectivity index (χ1v) is 9.21. The van der Waals surface area contributed by atoms with Gasteiger partial charge in [-0.3, -0.25) is 9.59 Å². The van der Waals surface area contributed by atoms with Gasteiger partial charge >= 0.3 is 0 Å². The Hall–Kier alpha value is -2.04. The monoisotopic (exact) mass is 392 g/mol. The third-order valence-corrected chi connectivity index (χ3v) is 4.56. The van der Waals surface area contributed by atoms with Crippen LogP contribution in [0.4, 0.5) is 0 Å². The summed E-state index contributed by atoms with van der Waals surface area (Å²) in [7, 11) is 0. The number of nitrogens with one attached hydrogen (secondary N) is 2.